The molecule has 2 aromatic carbocycles. The van der Waals surface area contributed by atoms with Crippen molar-refractivity contribution in [1.29, 1.82) is 0 Å². The molecule has 0 saturated carbocycles. The van der Waals surface area contributed by atoms with Gasteiger partial charge >= 0.3 is 0 Å². The van der Waals surface area contributed by atoms with Gasteiger partial charge in [0.15, 0.2) is 0 Å². The number of rotatable bonds is 5. The van der Waals surface area contributed by atoms with Gasteiger partial charge < -0.3 is 19.9 Å². The van der Waals surface area contributed by atoms with Crippen molar-refractivity contribution in [3.8, 4) is 11.5 Å². The number of anilines is 1. The van der Waals surface area contributed by atoms with Crippen LogP contribution in [0.15, 0.2) is 41.3 Å². The van der Waals surface area contributed by atoms with Crippen LogP contribution in [0.3, 0.4) is 0 Å². The van der Waals surface area contributed by atoms with Crippen molar-refractivity contribution < 1.29 is 27.8 Å². The van der Waals surface area contributed by atoms with Gasteiger partial charge in [0.25, 0.3) is 5.91 Å². The smallest absolute Gasteiger partial charge is 0.255 e. The molecule has 3 rings (SSSR count). The second-order valence-corrected chi connectivity index (χ2v) is 10.2. The van der Waals surface area contributed by atoms with Gasteiger partial charge in [-0.25, -0.2) is 8.42 Å². The molecule has 1 amide bonds. The highest BCUT2D eigenvalue weighted by molar-refractivity contribution is 7.89. The Morgan fingerprint density at radius 3 is 2.42 bits per heavy atom. The Labute approximate surface area is 182 Å². The molecule has 0 spiro atoms. The van der Waals surface area contributed by atoms with E-state index in [0.717, 1.165) is 5.56 Å². The summed E-state index contributed by atoms with van der Waals surface area (Å²) in [6, 6.07) is 9.26. The van der Waals surface area contributed by atoms with E-state index >= 15 is 0 Å². The number of benzene rings is 2. The summed E-state index contributed by atoms with van der Waals surface area (Å²) in [7, 11) is -2.49. The first kappa shape index (κ1) is 23.1. The number of hydrogen-bond acceptors (Lipinski definition) is 6. The molecule has 168 valence electrons. The third kappa shape index (κ3) is 5.00. The number of nitrogens with zero attached hydrogens (tertiary/aromatic N) is 1. The summed E-state index contributed by atoms with van der Waals surface area (Å²) in [5, 5.41) is 12.9. The lowest BCUT2D eigenvalue weighted by molar-refractivity contribution is 0.0729. The van der Waals surface area contributed by atoms with Gasteiger partial charge in [-0.05, 0) is 41.3 Å². The maximum atomic E-state index is 13.1. The van der Waals surface area contributed by atoms with E-state index in [4.69, 9.17) is 9.47 Å². The summed E-state index contributed by atoms with van der Waals surface area (Å²) in [6.07, 6.45) is 0. The van der Waals surface area contributed by atoms with Crippen molar-refractivity contribution in [2.45, 2.75) is 31.1 Å². The molecule has 0 atom stereocenters. The number of methoxy groups -OCH3 is 1. The molecule has 0 radical (unpaired) electrons. The van der Waals surface area contributed by atoms with Gasteiger partial charge in [-0.15, -0.1) is 0 Å². The predicted octanol–water partition coefficient (Wildman–Crippen LogP) is 2.97. The SMILES string of the molecule is COc1ccc(C(=O)Nc2cc(C(C)(C)C)ccc2O)cc1S(=O)(=O)N1CCOCC1. The average Bonchev–Trinajstić information content (AvgIpc) is 2.74. The fourth-order valence-corrected chi connectivity index (χ4v) is 4.83. The Morgan fingerprint density at radius 1 is 1.13 bits per heavy atom. The Morgan fingerprint density at radius 2 is 1.81 bits per heavy atom. The van der Waals surface area contributed by atoms with E-state index in [9.17, 15) is 18.3 Å². The zero-order valence-electron chi connectivity index (χ0n) is 18.1. The number of sulfonamides is 1. The van der Waals surface area contributed by atoms with E-state index in [2.05, 4.69) is 5.32 Å². The number of nitrogens with one attached hydrogen (secondary N) is 1. The molecule has 0 bridgehead atoms. The third-order valence-electron chi connectivity index (χ3n) is 5.12. The normalized spacial score (nSPS) is 15.5. The van der Waals surface area contributed by atoms with Gasteiger partial charge in [0.2, 0.25) is 10.0 Å². The number of hydrogen-bond donors (Lipinski definition) is 2. The Bertz CT molecular complexity index is 1070. The molecule has 1 saturated heterocycles. The van der Waals surface area contributed by atoms with E-state index in [1.807, 2.05) is 20.8 Å². The number of ether oxygens (including phenoxy) is 2. The van der Waals surface area contributed by atoms with Crippen LogP contribution in [0, 0.1) is 0 Å². The summed E-state index contributed by atoms with van der Waals surface area (Å²) >= 11 is 0. The highest BCUT2D eigenvalue weighted by Crippen LogP contribution is 2.32. The second-order valence-electron chi connectivity index (χ2n) is 8.32. The van der Waals surface area contributed by atoms with Crippen LogP contribution in [0.4, 0.5) is 5.69 Å². The van der Waals surface area contributed by atoms with Crippen molar-refractivity contribution in [3.05, 3.63) is 47.5 Å². The lowest BCUT2D eigenvalue weighted by Crippen LogP contribution is -2.40. The first-order valence-corrected chi connectivity index (χ1v) is 11.4. The minimum absolute atomic E-state index is 0.0731. The third-order valence-corrected chi connectivity index (χ3v) is 7.04. The van der Waals surface area contributed by atoms with Gasteiger partial charge in [-0.3, -0.25) is 4.79 Å². The van der Waals surface area contributed by atoms with E-state index < -0.39 is 15.9 Å². The van der Waals surface area contributed by atoms with Crippen molar-refractivity contribution in [2.75, 3.05) is 38.7 Å². The monoisotopic (exact) mass is 448 g/mol. The lowest BCUT2D eigenvalue weighted by Gasteiger charge is -2.26. The Hall–Kier alpha value is -2.62. The van der Waals surface area contributed by atoms with Crippen molar-refractivity contribution >= 4 is 21.6 Å². The Balaban J connectivity index is 1.94. The minimum Gasteiger partial charge on any atom is -0.506 e. The minimum atomic E-state index is -3.87. The standard InChI is InChI=1S/C22H28N2O6S/c1-22(2,3)16-6-7-18(25)17(14-16)23-21(26)15-5-8-19(29-4)20(13-15)31(27,28)24-9-11-30-12-10-24/h5-8,13-14,25H,9-12H2,1-4H3,(H,23,26). The van der Waals surface area contributed by atoms with Crippen LogP contribution >= 0.6 is 0 Å². The van der Waals surface area contributed by atoms with Gasteiger partial charge in [-0.1, -0.05) is 26.8 Å². The molecule has 8 nitrogen and oxygen atoms in total. The molecule has 31 heavy (non-hydrogen) atoms. The highest BCUT2D eigenvalue weighted by Gasteiger charge is 2.30. The van der Waals surface area contributed by atoms with Crippen LogP contribution in [-0.2, 0) is 20.2 Å². The first-order chi connectivity index (χ1) is 14.5. The summed E-state index contributed by atoms with van der Waals surface area (Å²) in [5.74, 6) is -0.459. The number of carbonyl (C=O) groups excluding carboxylic acids is 1. The highest BCUT2D eigenvalue weighted by atomic mass is 32.2. The van der Waals surface area contributed by atoms with E-state index in [0.29, 0.717) is 13.2 Å². The van der Waals surface area contributed by atoms with Crippen LogP contribution in [0.2, 0.25) is 0 Å². The van der Waals surface area contributed by atoms with Crippen LogP contribution in [0.25, 0.3) is 0 Å². The fourth-order valence-electron chi connectivity index (χ4n) is 3.24. The summed E-state index contributed by atoms with van der Waals surface area (Å²) in [6.45, 7) is 7.16. The number of morpholine rings is 1. The molecular formula is C22H28N2O6S. The lowest BCUT2D eigenvalue weighted by atomic mass is 9.87. The second kappa shape index (κ2) is 8.86. The van der Waals surface area contributed by atoms with Gasteiger partial charge in [0.05, 0.1) is 26.0 Å². The van der Waals surface area contributed by atoms with Crippen LogP contribution < -0.4 is 10.1 Å². The first-order valence-electron chi connectivity index (χ1n) is 9.95. The van der Waals surface area contributed by atoms with Gasteiger partial charge in [0.1, 0.15) is 16.4 Å². The molecule has 0 aliphatic carbocycles. The number of phenols is 1. The molecule has 1 fully saturated rings. The summed E-state index contributed by atoms with van der Waals surface area (Å²) < 4.78 is 38.0. The molecule has 0 aromatic heterocycles. The summed E-state index contributed by atoms with van der Waals surface area (Å²) in [4.78, 5) is 12.8. The number of amides is 1. The van der Waals surface area contributed by atoms with Crippen LogP contribution in [0.5, 0.6) is 11.5 Å². The van der Waals surface area contributed by atoms with E-state index in [1.165, 1.54) is 35.7 Å². The molecule has 1 heterocycles. The van der Waals surface area contributed by atoms with Crippen molar-refractivity contribution in [3.63, 3.8) is 0 Å². The zero-order valence-corrected chi connectivity index (χ0v) is 19.0. The number of carbonyl (C=O) groups is 1. The maximum absolute atomic E-state index is 13.1. The van der Waals surface area contributed by atoms with Crippen molar-refractivity contribution in [1.82, 2.24) is 4.31 Å². The van der Waals surface area contributed by atoms with Crippen LogP contribution in [0.1, 0.15) is 36.7 Å². The molecule has 2 N–H and O–H groups in total. The van der Waals surface area contributed by atoms with E-state index in [1.54, 1.807) is 12.1 Å². The Kier molecular flexibility index (Phi) is 6.59. The number of phenolic OH excluding ortho intramolecular Hbond substituents is 1. The zero-order chi connectivity index (χ0) is 22.8. The van der Waals surface area contributed by atoms with Gasteiger partial charge in [-0.2, -0.15) is 4.31 Å². The number of aromatic hydroxyl groups is 1. The topological polar surface area (TPSA) is 105 Å². The molecule has 1 aliphatic rings. The van der Waals surface area contributed by atoms with Crippen LogP contribution in [-0.4, -0.2) is 57.1 Å². The molecule has 2 aromatic rings. The maximum Gasteiger partial charge on any atom is 0.255 e. The van der Waals surface area contributed by atoms with E-state index in [-0.39, 0.29) is 46.1 Å². The average molecular weight is 449 g/mol. The molecular weight excluding hydrogens is 420 g/mol. The molecule has 0 unspecified atom stereocenters. The van der Waals surface area contributed by atoms with Crippen molar-refractivity contribution in [2.24, 2.45) is 0 Å². The van der Waals surface area contributed by atoms with Gasteiger partial charge in [0, 0.05) is 18.7 Å². The quantitative estimate of drug-likeness (QED) is 0.682. The largest absolute Gasteiger partial charge is 0.506 e. The summed E-state index contributed by atoms with van der Waals surface area (Å²) in [5.41, 5.74) is 1.15. The predicted molar refractivity (Wildman–Crippen MR) is 117 cm³/mol. The molecule has 1 aliphatic heterocycles. The fraction of sp³-hybridized carbons (Fsp3) is 0.409. The molecule has 9 heteroatoms.